The van der Waals surface area contributed by atoms with E-state index in [0.29, 0.717) is 6.04 Å². The second-order valence-electron chi connectivity index (χ2n) is 6.02. The fourth-order valence-corrected chi connectivity index (χ4v) is 3.17. The molecule has 1 fully saturated rings. The monoisotopic (exact) mass is 287 g/mol. The first-order chi connectivity index (χ1) is 10.3. The summed E-state index contributed by atoms with van der Waals surface area (Å²) in [5.41, 5.74) is 3.57. The molecule has 0 aromatic carbocycles. The highest BCUT2D eigenvalue weighted by Gasteiger charge is 2.16. The minimum Gasteiger partial charge on any atom is -0.316 e. The van der Waals surface area contributed by atoms with Gasteiger partial charge in [0.1, 0.15) is 0 Å². The fraction of sp³-hybridized carbons (Fsp3) is 0.625. The Bertz CT molecular complexity index is 577. The van der Waals surface area contributed by atoms with Gasteiger partial charge in [0.15, 0.2) is 0 Å². The third-order valence-electron chi connectivity index (χ3n) is 4.50. The van der Waals surface area contributed by atoms with Gasteiger partial charge in [-0.2, -0.15) is 10.2 Å². The highest BCUT2D eigenvalue weighted by molar-refractivity contribution is 5.17. The zero-order valence-corrected chi connectivity index (χ0v) is 13.0. The van der Waals surface area contributed by atoms with Crippen molar-refractivity contribution >= 4 is 0 Å². The van der Waals surface area contributed by atoms with Crippen LogP contribution in [0.5, 0.6) is 0 Å². The predicted octanol–water partition coefficient (Wildman–Crippen LogP) is 2.66. The first kappa shape index (κ1) is 14.3. The quantitative estimate of drug-likeness (QED) is 0.919. The third kappa shape index (κ3) is 3.18. The van der Waals surface area contributed by atoms with Crippen LogP contribution in [0.4, 0.5) is 0 Å². The Morgan fingerprint density at radius 1 is 1.29 bits per heavy atom. The molecule has 1 saturated carbocycles. The van der Waals surface area contributed by atoms with Crippen LogP contribution in [0.25, 0.3) is 0 Å². The van der Waals surface area contributed by atoms with Crippen LogP contribution in [0.1, 0.15) is 55.1 Å². The largest absolute Gasteiger partial charge is 0.316 e. The SMILES string of the molecule is CNCc1cnn(Cc2ccn(C3CCCCC3)n2)c1C. The van der Waals surface area contributed by atoms with Gasteiger partial charge in [0.2, 0.25) is 0 Å². The minimum absolute atomic E-state index is 0.603. The minimum atomic E-state index is 0.603. The average molecular weight is 287 g/mol. The molecule has 0 aliphatic heterocycles. The summed E-state index contributed by atoms with van der Waals surface area (Å²) >= 11 is 0. The Morgan fingerprint density at radius 3 is 2.86 bits per heavy atom. The summed E-state index contributed by atoms with van der Waals surface area (Å²) in [6, 6.07) is 2.74. The fourth-order valence-electron chi connectivity index (χ4n) is 3.17. The maximum Gasteiger partial charge on any atom is 0.0852 e. The van der Waals surface area contributed by atoms with E-state index in [1.165, 1.54) is 43.4 Å². The van der Waals surface area contributed by atoms with Crippen molar-refractivity contribution in [1.29, 1.82) is 0 Å². The molecule has 1 aliphatic rings. The zero-order chi connectivity index (χ0) is 14.7. The van der Waals surface area contributed by atoms with Gasteiger partial charge in [-0.3, -0.25) is 9.36 Å². The molecule has 5 heteroatoms. The predicted molar refractivity (Wildman–Crippen MR) is 83.2 cm³/mol. The lowest BCUT2D eigenvalue weighted by Crippen LogP contribution is -2.14. The topological polar surface area (TPSA) is 47.7 Å². The lowest BCUT2D eigenvalue weighted by molar-refractivity contribution is 0.327. The van der Waals surface area contributed by atoms with Crippen molar-refractivity contribution in [3.8, 4) is 0 Å². The van der Waals surface area contributed by atoms with Crippen LogP contribution in [0.3, 0.4) is 0 Å². The molecule has 0 spiro atoms. The van der Waals surface area contributed by atoms with Crippen molar-refractivity contribution in [1.82, 2.24) is 24.9 Å². The van der Waals surface area contributed by atoms with Gasteiger partial charge in [0.25, 0.3) is 0 Å². The summed E-state index contributed by atoms with van der Waals surface area (Å²) in [5, 5.41) is 12.4. The number of hydrogen-bond donors (Lipinski definition) is 1. The van der Waals surface area contributed by atoms with E-state index in [-0.39, 0.29) is 0 Å². The molecule has 0 radical (unpaired) electrons. The van der Waals surface area contributed by atoms with Crippen molar-refractivity contribution in [2.75, 3.05) is 7.05 Å². The molecule has 2 aromatic heterocycles. The van der Waals surface area contributed by atoms with Crippen molar-refractivity contribution in [2.24, 2.45) is 0 Å². The molecule has 5 nitrogen and oxygen atoms in total. The standard InChI is InChI=1S/C16H25N5/c1-13-14(10-17-2)11-18-21(13)12-15-8-9-20(19-15)16-6-4-3-5-7-16/h8-9,11,16-17H,3-7,10,12H2,1-2H3. The van der Waals surface area contributed by atoms with Crippen molar-refractivity contribution in [2.45, 2.75) is 58.2 Å². The van der Waals surface area contributed by atoms with Gasteiger partial charge in [0, 0.05) is 24.0 Å². The summed E-state index contributed by atoms with van der Waals surface area (Å²) < 4.78 is 4.21. The van der Waals surface area contributed by atoms with Crippen molar-refractivity contribution in [3.05, 3.63) is 35.4 Å². The van der Waals surface area contributed by atoms with Gasteiger partial charge in [-0.15, -0.1) is 0 Å². The second-order valence-corrected chi connectivity index (χ2v) is 6.02. The van der Waals surface area contributed by atoms with Crippen LogP contribution in [-0.4, -0.2) is 26.6 Å². The molecule has 0 unspecified atom stereocenters. The van der Waals surface area contributed by atoms with Gasteiger partial charge in [0.05, 0.1) is 24.5 Å². The molecule has 1 aliphatic carbocycles. The summed E-state index contributed by atoms with van der Waals surface area (Å²) in [5.74, 6) is 0. The number of nitrogens with one attached hydrogen (secondary N) is 1. The number of aromatic nitrogens is 4. The van der Waals surface area contributed by atoms with Crippen LogP contribution in [-0.2, 0) is 13.1 Å². The molecular formula is C16H25N5. The number of hydrogen-bond acceptors (Lipinski definition) is 3. The highest BCUT2D eigenvalue weighted by atomic mass is 15.3. The molecule has 114 valence electrons. The zero-order valence-electron chi connectivity index (χ0n) is 13.0. The molecule has 0 atom stereocenters. The van der Waals surface area contributed by atoms with E-state index in [9.17, 15) is 0 Å². The second kappa shape index (κ2) is 6.43. The Labute approximate surface area is 126 Å². The van der Waals surface area contributed by atoms with Crippen molar-refractivity contribution in [3.63, 3.8) is 0 Å². The lowest BCUT2D eigenvalue weighted by Gasteiger charge is -2.21. The smallest absolute Gasteiger partial charge is 0.0852 e. The van der Waals surface area contributed by atoms with E-state index in [4.69, 9.17) is 5.10 Å². The molecule has 0 saturated heterocycles. The van der Waals surface area contributed by atoms with Crippen molar-refractivity contribution < 1.29 is 0 Å². The van der Waals surface area contributed by atoms with Crippen LogP contribution in [0, 0.1) is 6.92 Å². The summed E-state index contributed by atoms with van der Waals surface area (Å²) in [4.78, 5) is 0. The van der Waals surface area contributed by atoms with E-state index >= 15 is 0 Å². The van der Waals surface area contributed by atoms with Gasteiger partial charge >= 0.3 is 0 Å². The first-order valence-electron chi connectivity index (χ1n) is 7.98. The van der Waals surface area contributed by atoms with E-state index in [2.05, 4.69) is 34.3 Å². The van der Waals surface area contributed by atoms with Crippen LogP contribution >= 0.6 is 0 Å². The molecule has 2 heterocycles. The van der Waals surface area contributed by atoms with E-state index in [1.807, 2.05) is 17.9 Å². The summed E-state index contributed by atoms with van der Waals surface area (Å²) in [6.07, 6.45) is 10.7. The van der Waals surface area contributed by atoms with E-state index in [1.54, 1.807) is 0 Å². The molecule has 3 rings (SSSR count). The first-order valence-corrected chi connectivity index (χ1v) is 7.98. The number of rotatable bonds is 5. The molecule has 2 aromatic rings. The maximum absolute atomic E-state index is 4.77. The third-order valence-corrected chi connectivity index (χ3v) is 4.50. The van der Waals surface area contributed by atoms with E-state index < -0.39 is 0 Å². The molecule has 1 N–H and O–H groups in total. The lowest BCUT2D eigenvalue weighted by atomic mass is 9.96. The molecule has 21 heavy (non-hydrogen) atoms. The Kier molecular flexibility index (Phi) is 4.39. The van der Waals surface area contributed by atoms with Gasteiger partial charge in [-0.25, -0.2) is 0 Å². The van der Waals surface area contributed by atoms with E-state index in [0.717, 1.165) is 18.8 Å². The Hall–Kier alpha value is -1.62. The summed E-state index contributed by atoms with van der Waals surface area (Å²) in [7, 11) is 1.96. The van der Waals surface area contributed by atoms with Gasteiger partial charge in [-0.05, 0) is 32.9 Å². The average Bonchev–Trinajstić information content (AvgIpc) is 3.11. The normalized spacial score (nSPS) is 16.5. The Morgan fingerprint density at radius 2 is 2.10 bits per heavy atom. The molecular weight excluding hydrogens is 262 g/mol. The van der Waals surface area contributed by atoms with Gasteiger partial charge in [-0.1, -0.05) is 19.3 Å². The van der Waals surface area contributed by atoms with Crippen LogP contribution < -0.4 is 5.32 Å². The molecule has 0 amide bonds. The van der Waals surface area contributed by atoms with Crippen LogP contribution in [0.15, 0.2) is 18.5 Å². The number of nitrogens with zero attached hydrogens (tertiary/aromatic N) is 4. The summed E-state index contributed by atoms with van der Waals surface area (Å²) in [6.45, 7) is 3.75. The highest BCUT2D eigenvalue weighted by Crippen LogP contribution is 2.27. The van der Waals surface area contributed by atoms with Gasteiger partial charge < -0.3 is 5.32 Å². The maximum atomic E-state index is 4.77. The molecule has 0 bridgehead atoms. The van der Waals surface area contributed by atoms with Crippen LogP contribution in [0.2, 0.25) is 0 Å². The Balaban J connectivity index is 1.69.